The Morgan fingerprint density at radius 1 is 0.683 bits per heavy atom. The number of Topliss-reactive ketones (excluding diaryl/α,β-unsaturated/α-hetero) is 1. The maximum absolute atomic E-state index is 12.7. The summed E-state index contributed by atoms with van der Waals surface area (Å²) in [6.07, 6.45) is 8.39. The van der Waals surface area contributed by atoms with E-state index in [1.807, 2.05) is 48.5 Å². The number of unbranched alkanes of at least 4 members (excludes halogenated alkanes) is 2. The number of esters is 1. The van der Waals surface area contributed by atoms with Gasteiger partial charge in [0, 0.05) is 6.07 Å². The van der Waals surface area contributed by atoms with Crippen molar-refractivity contribution < 1.29 is 19.4 Å². The second kappa shape index (κ2) is 18.2. The van der Waals surface area contributed by atoms with Gasteiger partial charge in [0.2, 0.25) is 0 Å². The van der Waals surface area contributed by atoms with Crippen molar-refractivity contribution in [1.82, 2.24) is 49.1 Å². The third-order valence-corrected chi connectivity index (χ3v) is 9.36. The molecule has 306 valence electrons. The van der Waals surface area contributed by atoms with Crippen molar-refractivity contribution in [2.24, 2.45) is 20.5 Å². The van der Waals surface area contributed by atoms with Crippen molar-refractivity contribution >= 4 is 46.4 Å². The van der Waals surface area contributed by atoms with Crippen molar-refractivity contribution in [3.63, 3.8) is 0 Å². The second-order valence-electron chi connectivity index (χ2n) is 13.4. The zero-order valence-electron chi connectivity index (χ0n) is 33.1. The highest BCUT2D eigenvalue weighted by Gasteiger charge is 2.24. The molecule has 0 unspecified atom stereocenters. The molecule has 0 aliphatic carbocycles. The summed E-state index contributed by atoms with van der Waals surface area (Å²) in [4.78, 5) is 34.4. The molecule has 5 heterocycles. The van der Waals surface area contributed by atoms with Crippen LogP contribution in [0.4, 0.5) is 34.6 Å². The third-order valence-electron chi connectivity index (χ3n) is 9.36. The standard InChI is InChI=1S/C40H42N16O4/c1-4-6-18-29-34(47-49-38-27(31(58)23-57)21-45-53(38)25-14-10-8-11-15-25)36(41)55(51-29)32-20-33(44-24-43-32)56-37(42)35(30(52-56)19-7-5-2)48-50-39-28(40(59)60-3)22-46-54(39)26-16-12-9-13-17-26/h8-17,20-22,24,57H,4-7,18-19,23,41-42H2,1-3H3. The lowest BCUT2D eigenvalue weighted by Gasteiger charge is -2.07. The first kappa shape index (κ1) is 40.5. The summed E-state index contributed by atoms with van der Waals surface area (Å²) in [7, 11) is 1.28. The molecule has 20 heteroatoms. The van der Waals surface area contributed by atoms with Crippen molar-refractivity contribution in [1.29, 1.82) is 0 Å². The van der Waals surface area contributed by atoms with Crippen LogP contribution in [0, 0.1) is 0 Å². The Bertz CT molecular complexity index is 2500. The molecule has 0 amide bonds. The Kier molecular flexibility index (Phi) is 12.3. The number of aromatic nitrogens is 10. The molecular weight excluding hydrogens is 769 g/mol. The number of azo groups is 2. The molecule has 0 saturated carbocycles. The minimum Gasteiger partial charge on any atom is -0.465 e. The van der Waals surface area contributed by atoms with Crippen LogP contribution in [-0.4, -0.2) is 79.7 Å². The van der Waals surface area contributed by atoms with Crippen LogP contribution in [0.1, 0.15) is 71.6 Å². The first-order valence-corrected chi connectivity index (χ1v) is 19.2. The Balaban J connectivity index is 1.28. The number of carbonyl (C=O) groups excluding carboxylic acids is 2. The predicted octanol–water partition coefficient (Wildman–Crippen LogP) is 6.86. The zero-order valence-corrected chi connectivity index (χ0v) is 33.1. The number of nitrogens with two attached hydrogens (primary N) is 2. The highest BCUT2D eigenvalue weighted by Crippen LogP contribution is 2.36. The number of nitrogen functional groups attached to an aromatic ring is 2. The lowest BCUT2D eigenvalue weighted by molar-refractivity contribution is 0.0601. The van der Waals surface area contributed by atoms with Gasteiger partial charge < -0.3 is 21.3 Å². The van der Waals surface area contributed by atoms with Crippen LogP contribution in [0.15, 0.2) is 106 Å². The number of rotatable bonds is 17. The van der Waals surface area contributed by atoms with Crippen LogP contribution in [-0.2, 0) is 17.6 Å². The summed E-state index contributed by atoms with van der Waals surface area (Å²) in [6, 6.07) is 19.9. The van der Waals surface area contributed by atoms with Crippen LogP contribution in [0.3, 0.4) is 0 Å². The number of anilines is 2. The fourth-order valence-corrected chi connectivity index (χ4v) is 6.22. The van der Waals surface area contributed by atoms with E-state index in [0.29, 0.717) is 35.6 Å². The van der Waals surface area contributed by atoms with Crippen LogP contribution >= 0.6 is 0 Å². The van der Waals surface area contributed by atoms with Crippen LogP contribution in [0.5, 0.6) is 0 Å². The lowest BCUT2D eigenvalue weighted by Crippen LogP contribution is -2.09. The van der Waals surface area contributed by atoms with Gasteiger partial charge in [0.1, 0.15) is 18.5 Å². The maximum atomic E-state index is 12.7. The third kappa shape index (κ3) is 8.16. The molecule has 0 radical (unpaired) electrons. The lowest BCUT2D eigenvalue weighted by atomic mass is 10.2. The summed E-state index contributed by atoms with van der Waals surface area (Å²) in [6.45, 7) is 3.38. The molecule has 0 bridgehead atoms. The molecule has 0 saturated heterocycles. The van der Waals surface area contributed by atoms with E-state index in [1.54, 1.807) is 18.2 Å². The summed E-state index contributed by atoms with van der Waals surface area (Å²) in [5.74, 6) is -0.112. The number of aliphatic hydroxyl groups is 1. The van der Waals surface area contributed by atoms with E-state index < -0.39 is 18.4 Å². The number of aryl methyl sites for hydroxylation is 2. The molecule has 0 aliphatic rings. The van der Waals surface area contributed by atoms with Gasteiger partial charge >= 0.3 is 5.97 Å². The highest BCUT2D eigenvalue weighted by atomic mass is 16.5. The van der Waals surface area contributed by atoms with E-state index in [1.165, 1.54) is 44.6 Å². The van der Waals surface area contributed by atoms with Gasteiger partial charge in [0.15, 0.2) is 52.1 Å². The SMILES string of the molecule is CCCCc1nn(-c2cc(-n3nc(CCCC)c(N=Nc4c(C(=O)OC)cnn4-c4ccccc4)c3N)ncn2)c(N)c1N=Nc1c(C(=O)CO)cnn1-c1ccccc1. The van der Waals surface area contributed by atoms with E-state index in [4.69, 9.17) is 26.4 Å². The minimum atomic E-state index is -0.734. The fraction of sp³-hybridized carbons (Fsp3) is 0.250. The number of hydrogen-bond donors (Lipinski definition) is 3. The first-order valence-electron chi connectivity index (χ1n) is 19.2. The zero-order chi connectivity index (χ0) is 42.2. The maximum Gasteiger partial charge on any atom is 0.343 e. The normalized spacial score (nSPS) is 11.6. The number of methoxy groups -OCH3 is 1. The summed E-state index contributed by atoms with van der Waals surface area (Å²) < 4.78 is 10.8. The number of para-hydroxylation sites is 2. The first-order chi connectivity index (χ1) is 29.3. The average Bonchev–Trinajstić information content (AvgIpc) is 4.06. The number of nitrogens with zero attached hydrogens (tertiary/aromatic N) is 14. The summed E-state index contributed by atoms with van der Waals surface area (Å²) in [5, 5.41) is 46.0. The van der Waals surface area contributed by atoms with Crippen LogP contribution in [0.2, 0.25) is 0 Å². The largest absolute Gasteiger partial charge is 0.465 e. The van der Waals surface area contributed by atoms with E-state index in [2.05, 4.69) is 54.5 Å². The molecule has 0 fully saturated rings. The molecule has 60 heavy (non-hydrogen) atoms. The minimum absolute atomic E-state index is 0.0892. The Morgan fingerprint density at radius 3 is 1.60 bits per heavy atom. The monoisotopic (exact) mass is 810 g/mol. The van der Waals surface area contributed by atoms with Gasteiger partial charge in [-0.25, -0.2) is 24.1 Å². The predicted molar refractivity (Wildman–Crippen MR) is 221 cm³/mol. The summed E-state index contributed by atoms with van der Waals surface area (Å²) in [5.41, 5.74) is 16.7. The number of ether oxygens (including phenoxy) is 1. The second-order valence-corrected chi connectivity index (χ2v) is 13.4. The van der Waals surface area contributed by atoms with E-state index in [-0.39, 0.29) is 57.4 Å². The van der Waals surface area contributed by atoms with Crippen molar-refractivity contribution in [2.75, 3.05) is 25.2 Å². The molecule has 0 spiro atoms. The molecular formula is C40H42N16O4. The van der Waals surface area contributed by atoms with Crippen LogP contribution < -0.4 is 11.5 Å². The Labute approximate surface area is 343 Å². The van der Waals surface area contributed by atoms with Gasteiger partial charge in [-0.1, -0.05) is 63.1 Å². The van der Waals surface area contributed by atoms with Gasteiger partial charge in [-0.3, -0.25) is 4.79 Å². The van der Waals surface area contributed by atoms with Gasteiger partial charge in [-0.05, 0) is 49.9 Å². The van der Waals surface area contributed by atoms with E-state index in [0.717, 1.165) is 25.7 Å². The smallest absolute Gasteiger partial charge is 0.343 e. The molecule has 7 rings (SSSR count). The van der Waals surface area contributed by atoms with Crippen molar-refractivity contribution in [3.8, 4) is 23.0 Å². The van der Waals surface area contributed by atoms with Crippen molar-refractivity contribution in [2.45, 2.75) is 52.4 Å². The molecule has 0 aliphatic heterocycles. The Hall–Kier alpha value is -7.74. The Morgan fingerprint density at radius 2 is 1.15 bits per heavy atom. The van der Waals surface area contributed by atoms with E-state index >= 15 is 0 Å². The summed E-state index contributed by atoms with van der Waals surface area (Å²) >= 11 is 0. The van der Waals surface area contributed by atoms with Gasteiger partial charge in [0.05, 0.1) is 47.8 Å². The molecule has 5 N–H and O–H groups in total. The fourth-order valence-electron chi connectivity index (χ4n) is 6.22. The topological polar surface area (TPSA) is 262 Å². The molecule has 7 aromatic rings. The molecule has 2 aromatic carbocycles. The van der Waals surface area contributed by atoms with Gasteiger partial charge in [-0.15, -0.1) is 20.5 Å². The van der Waals surface area contributed by atoms with Crippen LogP contribution in [0.25, 0.3) is 23.0 Å². The number of hydrogen-bond acceptors (Lipinski definition) is 16. The van der Waals surface area contributed by atoms with Gasteiger partial charge in [0.25, 0.3) is 0 Å². The highest BCUT2D eigenvalue weighted by molar-refractivity contribution is 6.00. The number of aliphatic hydroxyl groups excluding tert-OH is 1. The number of benzene rings is 2. The number of carbonyl (C=O) groups is 2. The average molecular weight is 811 g/mol. The molecule has 0 atom stereocenters. The molecule has 20 nitrogen and oxygen atoms in total. The van der Waals surface area contributed by atoms with Gasteiger partial charge in [-0.2, -0.15) is 29.8 Å². The number of ketones is 1. The van der Waals surface area contributed by atoms with Crippen molar-refractivity contribution in [3.05, 3.63) is 108 Å². The molecule has 5 aromatic heterocycles. The van der Waals surface area contributed by atoms with E-state index in [9.17, 15) is 14.7 Å². The quantitative estimate of drug-likeness (QED) is 0.0484.